The van der Waals surface area contributed by atoms with Crippen LogP contribution in [-0.2, 0) is 24.6 Å². The van der Waals surface area contributed by atoms with E-state index < -0.39 is 11.9 Å². The van der Waals surface area contributed by atoms with Crippen molar-refractivity contribution in [2.45, 2.75) is 78.5 Å². The van der Waals surface area contributed by atoms with Gasteiger partial charge in [0.05, 0.1) is 22.8 Å². The molecule has 0 radical (unpaired) electrons. The Bertz CT molecular complexity index is 1410. The standard InChI is InChI=1S/C31H36F3N5O/c1-6-8-9-26(28-20(3)36-19-37-29(28)24-14-15-24)35-16-23(7-2)21(4)40-18-22-10-12-25(13-11-22)30-38-27(17-39(30)5)31(32,33)34/h9-13,16-17,19,24H,6-8,14-15,18H2,1-5H3/b23-21+,26-9+,35-16+. The zero-order valence-electron chi connectivity index (χ0n) is 23.7. The Hall–Kier alpha value is -3.75. The van der Waals surface area contributed by atoms with Crippen LogP contribution >= 0.6 is 0 Å². The second kappa shape index (κ2) is 12.6. The molecule has 0 atom stereocenters. The SMILES string of the molecule is CCC/C=C(/N=C/C(CC)=C(\C)OCc1ccc(-c2nc(C(F)(F)F)cn2C)cc1)c1c(C)ncnc1C1CC1. The Balaban J connectivity index is 1.49. The van der Waals surface area contributed by atoms with Crippen LogP contribution in [0, 0.1) is 6.92 Å². The number of nitrogens with zero attached hydrogens (tertiary/aromatic N) is 5. The summed E-state index contributed by atoms with van der Waals surface area (Å²) in [6.07, 6.45) is 7.19. The highest BCUT2D eigenvalue weighted by Crippen LogP contribution is 2.42. The van der Waals surface area contributed by atoms with Crippen LogP contribution in [0.25, 0.3) is 17.1 Å². The lowest BCUT2D eigenvalue weighted by Gasteiger charge is -2.13. The number of alkyl halides is 3. The van der Waals surface area contributed by atoms with Crippen molar-refractivity contribution in [3.63, 3.8) is 0 Å². The van der Waals surface area contributed by atoms with Gasteiger partial charge in [0.15, 0.2) is 5.69 Å². The lowest BCUT2D eigenvalue weighted by atomic mass is 10.0. The van der Waals surface area contributed by atoms with Gasteiger partial charge in [-0.05, 0) is 45.1 Å². The van der Waals surface area contributed by atoms with E-state index >= 15 is 0 Å². The molecule has 1 aromatic carbocycles. The number of unbranched alkanes of at least 4 members (excludes halogenated alkanes) is 1. The molecule has 1 aliphatic rings. The molecule has 1 aliphatic carbocycles. The van der Waals surface area contributed by atoms with E-state index in [-0.39, 0.29) is 5.82 Å². The quantitative estimate of drug-likeness (QED) is 0.178. The fraction of sp³-hybridized carbons (Fsp3) is 0.419. The van der Waals surface area contributed by atoms with Gasteiger partial charge in [0, 0.05) is 42.1 Å². The van der Waals surface area contributed by atoms with Crippen molar-refractivity contribution < 1.29 is 17.9 Å². The van der Waals surface area contributed by atoms with E-state index in [4.69, 9.17) is 9.73 Å². The van der Waals surface area contributed by atoms with Crippen molar-refractivity contribution in [2.24, 2.45) is 12.0 Å². The minimum absolute atomic E-state index is 0.260. The lowest BCUT2D eigenvalue weighted by molar-refractivity contribution is -0.140. The van der Waals surface area contributed by atoms with Crippen molar-refractivity contribution in [1.82, 2.24) is 19.5 Å². The van der Waals surface area contributed by atoms with E-state index in [1.165, 1.54) is 4.57 Å². The predicted octanol–water partition coefficient (Wildman–Crippen LogP) is 8.19. The van der Waals surface area contributed by atoms with Crippen LogP contribution in [0.2, 0.25) is 0 Å². The molecule has 0 bridgehead atoms. The van der Waals surface area contributed by atoms with Gasteiger partial charge in [-0.1, -0.05) is 50.6 Å². The predicted molar refractivity (Wildman–Crippen MR) is 152 cm³/mol. The topological polar surface area (TPSA) is 65.2 Å². The lowest BCUT2D eigenvalue weighted by Crippen LogP contribution is -2.04. The molecule has 40 heavy (non-hydrogen) atoms. The molecule has 2 aromatic heterocycles. The molecule has 0 saturated heterocycles. The van der Waals surface area contributed by atoms with Crippen molar-refractivity contribution in [3.8, 4) is 11.4 Å². The Labute approximate surface area is 233 Å². The van der Waals surface area contributed by atoms with E-state index in [2.05, 4.69) is 34.9 Å². The maximum atomic E-state index is 13.0. The summed E-state index contributed by atoms with van der Waals surface area (Å²) in [7, 11) is 1.55. The molecule has 4 rings (SSSR count). The van der Waals surface area contributed by atoms with Crippen LogP contribution < -0.4 is 0 Å². The number of aliphatic imine (C=N–C) groups is 1. The Morgan fingerprint density at radius 2 is 1.88 bits per heavy atom. The van der Waals surface area contributed by atoms with Gasteiger partial charge in [-0.15, -0.1) is 0 Å². The van der Waals surface area contributed by atoms with Crippen LogP contribution in [0.15, 0.2) is 59.2 Å². The molecule has 0 aliphatic heterocycles. The van der Waals surface area contributed by atoms with Crippen LogP contribution in [0.5, 0.6) is 0 Å². The molecule has 1 fully saturated rings. The number of rotatable bonds is 11. The molecule has 0 N–H and O–H groups in total. The fourth-order valence-electron chi connectivity index (χ4n) is 4.46. The minimum atomic E-state index is -4.48. The molecule has 2 heterocycles. The molecule has 0 amide bonds. The zero-order valence-corrected chi connectivity index (χ0v) is 23.7. The summed E-state index contributed by atoms with van der Waals surface area (Å²) in [5, 5.41) is 0. The summed E-state index contributed by atoms with van der Waals surface area (Å²) in [6, 6.07) is 7.20. The summed E-state index contributed by atoms with van der Waals surface area (Å²) >= 11 is 0. The maximum absolute atomic E-state index is 13.0. The molecule has 9 heteroatoms. The Kier molecular flexibility index (Phi) is 9.22. The van der Waals surface area contributed by atoms with Gasteiger partial charge in [0.2, 0.25) is 0 Å². The number of halogens is 3. The number of imidazole rings is 1. The molecule has 6 nitrogen and oxygen atoms in total. The Morgan fingerprint density at radius 3 is 2.48 bits per heavy atom. The Morgan fingerprint density at radius 1 is 1.15 bits per heavy atom. The van der Waals surface area contributed by atoms with Gasteiger partial charge in [-0.3, -0.25) is 4.99 Å². The third-order valence-corrected chi connectivity index (χ3v) is 6.94. The summed E-state index contributed by atoms with van der Waals surface area (Å²) < 4.78 is 46.6. The monoisotopic (exact) mass is 551 g/mol. The summed E-state index contributed by atoms with van der Waals surface area (Å²) in [5.41, 5.74) is 5.55. The second-order valence-electron chi connectivity index (χ2n) is 10.1. The molecule has 1 saturated carbocycles. The highest BCUT2D eigenvalue weighted by molar-refractivity contribution is 5.85. The van der Waals surface area contributed by atoms with Crippen molar-refractivity contribution >= 4 is 11.9 Å². The highest BCUT2D eigenvalue weighted by atomic mass is 19.4. The number of allylic oxidation sites excluding steroid dienone is 3. The first kappa shape index (κ1) is 29.2. The van der Waals surface area contributed by atoms with Gasteiger partial charge in [0.1, 0.15) is 18.8 Å². The van der Waals surface area contributed by atoms with Crippen LogP contribution in [0.1, 0.15) is 87.0 Å². The van der Waals surface area contributed by atoms with E-state index in [1.54, 1.807) is 25.5 Å². The number of hydrogen-bond donors (Lipinski definition) is 0. The number of aryl methyl sites for hydroxylation is 2. The van der Waals surface area contributed by atoms with Gasteiger partial charge in [0.25, 0.3) is 0 Å². The van der Waals surface area contributed by atoms with Gasteiger partial charge in [-0.25, -0.2) is 15.0 Å². The van der Waals surface area contributed by atoms with Crippen LogP contribution in [-0.4, -0.2) is 25.7 Å². The number of benzene rings is 1. The zero-order chi connectivity index (χ0) is 28.9. The van der Waals surface area contributed by atoms with E-state index in [1.807, 2.05) is 32.2 Å². The molecular formula is C31H36F3N5O. The van der Waals surface area contributed by atoms with Crippen LogP contribution in [0.3, 0.4) is 0 Å². The highest BCUT2D eigenvalue weighted by Gasteiger charge is 2.34. The number of hydrogen-bond acceptors (Lipinski definition) is 5. The van der Waals surface area contributed by atoms with Gasteiger partial charge >= 0.3 is 6.18 Å². The fourth-order valence-corrected chi connectivity index (χ4v) is 4.46. The summed E-state index contributed by atoms with van der Waals surface area (Å²) in [6.45, 7) is 8.47. The molecular weight excluding hydrogens is 515 g/mol. The molecule has 0 unspecified atom stereocenters. The summed E-state index contributed by atoms with van der Waals surface area (Å²) in [4.78, 5) is 17.7. The van der Waals surface area contributed by atoms with Crippen molar-refractivity contribution in [2.75, 3.05) is 0 Å². The molecule has 212 valence electrons. The third-order valence-electron chi connectivity index (χ3n) is 6.94. The molecule has 3 aromatic rings. The maximum Gasteiger partial charge on any atom is 0.434 e. The smallest absolute Gasteiger partial charge is 0.434 e. The van der Waals surface area contributed by atoms with Gasteiger partial charge < -0.3 is 9.30 Å². The van der Waals surface area contributed by atoms with Crippen molar-refractivity contribution in [1.29, 1.82) is 0 Å². The first-order valence-corrected chi connectivity index (χ1v) is 13.7. The minimum Gasteiger partial charge on any atom is -0.493 e. The van der Waals surface area contributed by atoms with Crippen LogP contribution in [0.4, 0.5) is 13.2 Å². The number of aromatic nitrogens is 4. The molecule has 0 spiro atoms. The first-order valence-electron chi connectivity index (χ1n) is 13.7. The average molecular weight is 552 g/mol. The van der Waals surface area contributed by atoms with E-state index in [9.17, 15) is 13.2 Å². The van der Waals surface area contributed by atoms with Gasteiger partial charge in [-0.2, -0.15) is 13.2 Å². The summed E-state index contributed by atoms with van der Waals surface area (Å²) in [5.74, 6) is 1.52. The normalized spacial score (nSPS) is 15.1. The second-order valence-corrected chi connectivity index (χ2v) is 10.1. The van der Waals surface area contributed by atoms with Crippen molar-refractivity contribution in [3.05, 3.63) is 82.4 Å². The average Bonchev–Trinajstić information content (AvgIpc) is 3.70. The van der Waals surface area contributed by atoms with E-state index in [0.717, 1.165) is 77.8 Å². The first-order chi connectivity index (χ1) is 19.1. The van der Waals surface area contributed by atoms with E-state index in [0.29, 0.717) is 18.1 Å². The number of ether oxygens (including phenoxy) is 1. The largest absolute Gasteiger partial charge is 0.493 e. The third kappa shape index (κ3) is 7.06.